The molecule has 19 heteroatoms. The van der Waals surface area contributed by atoms with E-state index in [1.54, 1.807) is 29.0 Å². The van der Waals surface area contributed by atoms with Gasteiger partial charge in [0.2, 0.25) is 5.28 Å². The number of aliphatic hydroxyl groups excluding tert-OH is 1. The lowest BCUT2D eigenvalue weighted by Gasteiger charge is -2.17. The molecule has 0 saturated carbocycles. The van der Waals surface area contributed by atoms with E-state index in [0.29, 0.717) is 5.56 Å². The Hall–Kier alpha value is -4.91. The van der Waals surface area contributed by atoms with Crippen molar-refractivity contribution in [1.29, 1.82) is 0 Å². The van der Waals surface area contributed by atoms with Crippen molar-refractivity contribution in [2.45, 2.75) is 38.1 Å². The van der Waals surface area contributed by atoms with E-state index in [2.05, 4.69) is 20.0 Å². The van der Waals surface area contributed by atoms with Crippen molar-refractivity contribution in [3.05, 3.63) is 71.1 Å². The number of aryl methyl sites for hydroxylation is 1. The fourth-order valence-corrected chi connectivity index (χ4v) is 4.56. The number of hydrogen-bond acceptors (Lipinski definition) is 11. The molecule has 1 atom stereocenters. The third kappa shape index (κ3) is 9.80. The smallest absolute Gasteiger partial charge is 0.435 e. The van der Waals surface area contributed by atoms with Crippen LogP contribution in [0.2, 0.25) is 0 Å². The topological polar surface area (TPSA) is 188 Å². The molecule has 2 aromatic carbocycles. The molecule has 3 rings (SSSR count). The Labute approximate surface area is 255 Å². The molecule has 1 unspecified atom stereocenters. The van der Waals surface area contributed by atoms with Crippen LogP contribution < -0.4 is 4.72 Å². The van der Waals surface area contributed by atoms with Crippen molar-refractivity contribution < 1.29 is 55.6 Å². The lowest BCUT2D eigenvalue weighted by Crippen LogP contribution is -2.38. The maximum atomic E-state index is 13.5. The Kier molecular flexibility index (Phi) is 11.3. The molecule has 0 spiro atoms. The van der Waals surface area contributed by atoms with Crippen molar-refractivity contribution in [3.8, 4) is 16.9 Å². The van der Waals surface area contributed by atoms with Crippen molar-refractivity contribution >= 4 is 22.1 Å². The van der Waals surface area contributed by atoms with Gasteiger partial charge in [0.25, 0.3) is 16.3 Å². The van der Waals surface area contributed by atoms with Crippen molar-refractivity contribution in [2.24, 2.45) is 5.28 Å². The second-order valence-corrected chi connectivity index (χ2v) is 10.9. The first-order valence-electron chi connectivity index (χ1n) is 13.0. The van der Waals surface area contributed by atoms with Crippen molar-refractivity contribution in [1.82, 2.24) is 19.5 Å². The summed E-state index contributed by atoms with van der Waals surface area (Å²) >= 11 is 0. The maximum absolute atomic E-state index is 13.5. The second-order valence-electron chi connectivity index (χ2n) is 9.22. The van der Waals surface area contributed by atoms with E-state index < -0.39 is 58.4 Å². The average Bonchev–Trinajstić information content (AvgIpc) is 3.42. The number of alkyl halides is 3. The minimum absolute atomic E-state index is 0.0860. The van der Waals surface area contributed by atoms with Gasteiger partial charge in [-0.05, 0) is 37.3 Å². The Morgan fingerprint density at radius 3 is 2.38 bits per heavy atom. The number of carbonyl (C=O) groups is 2. The van der Waals surface area contributed by atoms with Crippen molar-refractivity contribution in [3.63, 3.8) is 0 Å². The zero-order valence-electron chi connectivity index (χ0n) is 24.1. The van der Waals surface area contributed by atoms with Crippen LogP contribution >= 0.6 is 0 Å². The van der Waals surface area contributed by atoms with E-state index in [-0.39, 0.29) is 29.4 Å². The molecule has 0 aliphatic heterocycles. The molecule has 0 aliphatic carbocycles. The largest absolute Gasteiger partial charge is 0.569 e. The van der Waals surface area contributed by atoms with Crippen LogP contribution in [0.5, 0.6) is 0 Å². The summed E-state index contributed by atoms with van der Waals surface area (Å²) in [6.45, 7) is 2.56. The van der Waals surface area contributed by atoms with Crippen LogP contribution in [-0.2, 0) is 35.3 Å². The van der Waals surface area contributed by atoms with E-state index in [1.807, 2.05) is 6.92 Å². The first-order chi connectivity index (χ1) is 21.1. The van der Waals surface area contributed by atoms with Gasteiger partial charge in [0.1, 0.15) is 19.7 Å². The summed E-state index contributed by atoms with van der Waals surface area (Å²) in [7, 11) is -4.49. The summed E-state index contributed by atoms with van der Waals surface area (Å²) in [6.07, 6.45) is -7.32. The van der Waals surface area contributed by atoms with Gasteiger partial charge in [-0.15, -0.1) is 5.01 Å². The molecule has 15 nitrogen and oxygen atoms in total. The highest BCUT2D eigenvalue weighted by Gasteiger charge is 2.35. The highest BCUT2D eigenvalue weighted by molar-refractivity contribution is 7.90. The average molecular weight is 659 g/mol. The maximum Gasteiger partial charge on any atom is 0.435 e. The fourth-order valence-electron chi connectivity index (χ4n) is 3.67. The second kappa shape index (κ2) is 14.7. The summed E-state index contributed by atoms with van der Waals surface area (Å²) in [5, 5.41) is 28.9. The monoisotopic (exact) mass is 658 g/mol. The number of carbonyl (C=O) groups excluding carboxylic acids is 2. The van der Waals surface area contributed by atoms with Gasteiger partial charge >= 0.3 is 18.2 Å². The Bertz CT molecular complexity index is 1610. The van der Waals surface area contributed by atoms with E-state index in [9.17, 15) is 36.4 Å². The molecular formula is C26H29F3N6O9S. The lowest BCUT2D eigenvalue weighted by molar-refractivity contribution is -0.713. The molecule has 1 amide bonds. The van der Waals surface area contributed by atoms with Crippen LogP contribution in [0.3, 0.4) is 0 Å². The molecule has 3 aromatic rings. The molecule has 1 aromatic heterocycles. The molecule has 1 heterocycles. The molecule has 2 N–H and O–H groups in total. The number of esters is 1. The number of aromatic nitrogens is 2. The molecule has 45 heavy (non-hydrogen) atoms. The van der Waals surface area contributed by atoms with Gasteiger partial charge in [-0.25, -0.2) is 22.6 Å². The van der Waals surface area contributed by atoms with E-state index in [4.69, 9.17) is 9.84 Å². The predicted octanol–water partition coefficient (Wildman–Crippen LogP) is 3.29. The van der Waals surface area contributed by atoms with Gasteiger partial charge in [0.15, 0.2) is 5.69 Å². The Morgan fingerprint density at radius 1 is 1.16 bits per heavy atom. The summed E-state index contributed by atoms with van der Waals surface area (Å²) < 4.78 is 78.0. The Morgan fingerprint density at radius 2 is 1.80 bits per heavy atom. The van der Waals surface area contributed by atoms with Gasteiger partial charge < -0.3 is 19.8 Å². The van der Waals surface area contributed by atoms with Crippen LogP contribution in [0, 0.1) is 12.1 Å². The lowest BCUT2D eigenvalue weighted by atomic mass is 10.1. The molecule has 0 radical (unpaired) electrons. The number of aliphatic hydroxyl groups is 1. The SMILES string of the molecule is CC(=O)OC(C)ON=[N+]([O-])N(CCO)CCOC(=O)NS(=O)(=O)c1ccc(-n2nc(C(F)(F)F)cc2-c2ccc(C)cc2)cc1. The van der Waals surface area contributed by atoms with Gasteiger partial charge in [0, 0.05) is 19.4 Å². The first kappa shape index (κ1) is 34.6. The number of hydrazine groups is 1. The quantitative estimate of drug-likeness (QED) is 0.0902. The minimum Gasteiger partial charge on any atom is -0.569 e. The fraction of sp³-hybridized carbons (Fsp3) is 0.346. The van der Waals surface area contributed by atoms with Crippen LogP contribution in [0.4, 0.5) is 18.0 Å². The van der Waals surface area contributed by atoms with Crippen LogP contribution in [0.1, 0.15) is 25.1 Å². The number of nitrogens with one attached hydrogen (secondary N) is 1. The number of sulfonamides is 1. The molecule has 0 aliphatic rings. The third-order valence-electron chi connectivity index (χ3n) is 5.74. The van der Waals surface area contributed by atoms with Crippen LogP contribution in [0.15, 0.2) is 64.8 Å². The van der Waals surface area contributed by atoms with Gasteiger partial charge in [-0.3, -0.25) is 9.63 Å². The summed E-state index contributed by atoms with van der Waals surface area (Å²) in [5.41, 5.74) is 0.425. The predicted molar refractivity (Wildman–Crippen MR) is 147 cm³/mol. The van der Waals surface area contributed by atoms with Crippen LogP contribution in [0.25, 0.3) is 16.9 Å². The number of hydrogen-bond donors (Lipinski definition) is 2. The highest BCUT2D eigenvalue weighted by Crippen LogP contribution is 2.33. The molecule has 0 fully saturated rings. The van der Waals surface area contributed by atoms with E-state index >= 15 is 0 Å². The van der Waals surface area contributed by atoms with Crippen LogP contribution in [-0.4, -0.2) is 77.9 Å². The Balaban J connectivity index is 1.67. The number of halogens is 3. The summed E-state index contributed by atoms with van der Waals surface area (Å²) in [5.74, 6) is -0.683. The molecular weight excluding hydrogens is 629 g/mol. The number of benzene rings is 2. The summed E-state index contributed by atoms with van der Waals surface area (Å²) in [4.78, 5) is 27.3. The van der Waals surface area contributed by atoms with E-state index in [0.717, 1.165) is 40.4 Å². The zero-order chi connectivity index (χ0) is 33.4. The molecule has 0 saturated heterocycles. The van der Waals surface area contributed by atoms with Gasteiger partial charge in [0.05, 0.1) is 27.9 Å². The highest BCUT2D eigenvalue weighted by atomic mass is 32.2. The number of ether oxygens (including phenoxy) is 2. The first-order valence-corrected chi connectivity index (χ1v) is 14.5. The normalized spacial score (nSPS) is 12.7. The molecule has 0 bridgehead atoms. The third-order valence-corrected chi connectivity index (χ3v) is 7.06. The minimum atomic E-state index is -4.73. The van der Waals surface area contributed by atoms with Gasteiger partial charge in [-0.2, -0.15) is 18.3 Å². The van der Waals surface area contributed by atoms with Gasteiger partial charge in [-0.1, -0.05) is 29.8 Å². The standard InChI is InChI=1S/C26H29F3N6O9S/c1-17-4-6-20(7-5-17)23-16-24(26(27,28)29)30-34(23)21-8-10-22(11-9-21)45(40,41)31-25(38)42-15-13-33(12-14-36)35(39)32-44-19(3)43-18(2)37/h4-11,16,19,36H,12-15H2,1-3H3,(H,31,38). The number of nitrogens with zero attached hydrogens (tertiary/aromatic N) is 5. The zero-order valence-corrected chi connectivity index (χ0v) is 24.9. The molecule has 244 valence electrons. The number of amides is 1. The number of rotatable bonds is 13. The summed E-state index contributed by atoms with van der Waals surface area (Å²) in [6, 6.07) is 12.1. The van der Waals surface area contributed by atoms with Crippen molar-refractivity contribution in [2.75, 3.05) is 26.3 Å². The van der Waals surface area contributed by atoms with E-state index in [1.165, 1.54) is 19.1 Å².